The van der Waals surface area contributed by atoms with Crippen molar-refractivity contribution in [1.82, 2.24) is 59.8 Å². The first-order chi connectivity index (χ1) is 19.8. The third-order valence-electron chi connectivity index (χ3n) is 6.86. The maximum absolute atomic E-state index is 4.90. The summed E-state index contributed by atoms with van der Waals surface area (Å²) >= 11 is 0. The fraction of sp³-hybridized carbons (Fsp3) is 0. The predicted octanol–water partition coefficient (Wildman–Crippen LogP) is 4.45. The van der Waals surface area contributed by atoms with Crippen LogP contribution in [0.25, 0.3) is 90.2 Å². The Morgan fingerprint density at radius 2 is 0.825 bits per heavy atom. The lowest BCUT2D eigenvalue weighted by Gasteiger charge is -1.95. The molecule has 9 rings (SSSR count). The molecule has 9 heterocycles. The van der Waals surface area contributed by atoms with Crippen molar-refractivity contribution in [3.05, 3.63) is 73.3 Å². The van der Waals surface area contributed by atoms with E-state index in [9.17, 15) is 0 Å². The van der Waals surface area contributed by atoms with Gasteiger partial charge in [-0.2, -0.15) is 0 Å². The molecule has 8 bridgehead atoms. The molecule has 2 aliphatic heterocycles. The maximum atomic E-state index is 4.90. The molecule has 2 aliphatic rings. The fourth-order valence-electron chi connectivity index (χ4n) is 5.09. The molecule has 0 atom stereocenters. The van der Waals surface area contributed by atoms with Crippen LogP contribution in [-0.2, 0) is 0 Å². The van der Waals surface area contributed by atoms with Gasteiger partial charge in [0.15, 0.2) is 34.6 Å². The Bertz CT molecular complexity index is 2030. The molecule has 0 saturated heterocycles. The van der Waals surface area contributed by atoms with Crippen molar-refractivity contribution in [3.63, 3.8) is 0 Å². The minimum Gasteiger partial charge on any atom is -0.322 e. The van der Waals surface area contributed by atoms with E-state index in [1.165, 1.54) is 0 Å². The Morgan fingerprint density at radius 1 is 0.400 bits per heavy atom. The molecular weight excluding hydrogens is 504 g/mol. The summed E-state index contributed by atoms with van der Waals surface area (Å²) in [4.78, 5) is 54.1. The minimum atomic E-state index is 0.420. The summed E-state index contributed by atoms with van der Waals surface area (Å²) in [5, 5.41) is 1.59. The number of nitrogens with one attached hydrogen (secondary N) is 2. The van der Waals surface area contributed by atoms with Crippen LogP contribution in [0, 0.1) is 0 Å². The molecule has 7 aromatic heterocycles. The second-order valence-electron chi connectivity index (χ2n) is 9.21. The van der Waals surface area contributed by atoms with Crippen LogP contribution < -0.4 is 0 Å². The van der Waals surface area contributed by atoms with E-state index in [0.29, 0.717) is 68.3 Å². The van der Waals surface area contributed by atoms with Crippen LogP contribution in [0.15, 0.2) is 73.3 Å². The molecule has 186 valence electrons. The summed E-state index contributed by atoms with van der Waals surface area (Å²) in [5.41, 5.74) is 6.23. The summed E-state index contributed by atoms with van der Waals surface area (Å²) in [5.74, 6) is 1.79. The first kappa shape index (κ1) is 21.0. The normalized spacial score (nSPS) is 12.0. The Kier molecular flexibility index (Phi) is 4.05. The lowest BCUT2D eigenvalue weighted by molar-refractivity contribution is 1.18. The van der Waals surface area contributed by atoms with Gasteiger partial charge < -0.3 is 9.97 Å². The maximum Gasteiger partial charge on any atom is 0.183 e. The number of H-pyrrole nitrogens is 2. The van der Waals surface area contributed by atoms with Gasteiger partial charge in [-0.3, -0.25) is 19.9 Å². The number of pyridine rings is 4. The van der Waals surface area contributed by atoms with E-state index in [2.05, 4.69) is 29.9 Å². The van der Waals surface area contributed by atoms with Crippen molar-refractivity contribution in [2.24, 2.45) is 0 Å². The zero-order valence-electron chi connectivity index (χ0n) is 20.4. The van der Waals surface area contributed by atoms with E-state index in [-0.39, 0.29) is 0 Å². The Hall–Kier alpha value is -6.04. The third kappa shape index (κ3) is 2.95. The van der Waals surface area contributed by atoms with Gasteiger partial charge in [0.1, 0.15) is 33.7 Å². The van der Waals surface area contributed by atoms with Crippen molar-refractivity contribution < 1.29 is 0 Å². The molecule has 0 spiro atoms. The van der Waals surface area contributed by atoms with Crippen LogP contribution in [0.4, 0.5) is 0 Å². The smallest absolute Gasteiger partial charge is 0.183 e. The van der Waals surface area contributed by atoms with E-state index in [0.717, 1.165) is 21.9 Å². The predicted molar refractivity (Wildman–Crippen MR) is 147 cm³/mol. The van der Waals surface area contributed by atoms with Gasteiger partial charge in [0.25, 0.3) is 0 Å². The van der Waals surface area contributed by atoms with Gasteiger partial charge in [0.05, 0.1) is 0 Å². The molecule has 0 aliphatic carbocycles. The van der Waals surface area contributed by atoms with Crippen molar-refractivity contribution in [2.45, 2.75) is 0 Å². The quantitative estimate of drug-likeness (QED) is 0.293. The fourth-order valence-corrected chi connectivity index (χ4v) is 5.09. The average molecular weight is 519 g/mol. The van der Waals surface area contributed by atoms with E-state index in [1.807, 2.05) is 48.5 Å². The largest absolute Gasteiger partial charge is 0.322 e. The van der Waals surface area contributed by atoms with Gasteiger partial charge in [-0.1, -0.05) is 0 Å². The second kappa shape index (κ2) is 7.74. The summed E-state index contributed by atoms with van der Waals surface area (Å²) in [6.45, 7) is 0. The Labute approximate surface area is 223 Å². The zero-order chi connectivity index (χ0) is 26.2. The zero-order valence-corrected chi connectivity index (χ0v) is 20.4. The molecule has 12 nitrogen and oxygen atoms in total. The lowest BCUT2D eigenvalue weighted by atomic mass is 10.2. The van der Waals surface area contributed by atoms with Crippen LogP contribution in [0.3, 0.4) is 0 Å². The lowest BCUT2D eigenvalue weighted by Crippen LogP contribution is -1.85. The highest BCUT2D eigenvalue weighted by atomic mass is 15.1. The van der Waals surface area contributed by atoms with E-state index in [4.69, 9.17) is 29.9 Å². The standard InChI is InChI=1S/C28H14N12/c1-5-13-17(29-9-1)25-35-21(13)33-22-14-6-2-10-30-18(14)27(36-22)40-28-20-16(8-4-12-32-20)24(38-28)34-23-15-7-3-11-31-19(15)26(37-23)39-25/h1-12H,(H2,33,34,35,36,37,38,39,40). The van der Waals surface area contributed by atoms with E-state index < -0.39 is 0 Å². The summed E-state index contributed by atoms with van der Waals surface area (Å²) in [7, 11) is 0. The highest BCUT2D eigenvalue weighted by molar-refractivity contribution is 6.03. The molecule has 40 heavy (non-hydrogen) atoms. The third-order valence-corrected chi connectivity index (χ3v) is 6.86. The van der Waals surface area contributed by atoms with Crippen LogP contribution in [0.1, 0.15) is 0 Å². The molecule has 12 heteroatoms. The van der Waals surface area contributed by atoms with Crippen molar-refractivity contribution in [3.8, 4) is 45.8 Å². The molecule has 0 radical (unpaired) electrons. The molecule has 2 N–H and O–H groups in total. The minimum absolute atomic E-state index is 0.420. The van der Waals surface area contributed by atoms with Crippen LogP contribution in [0.5, 0.6) is 0 Å². The Morgan fingerprint density at radius 3 is 1.32 bits per heavy atom. The molecule has 0 aromatic carbocycles. The van der Waals surface area contributed by atoms with Gasteiger partial charge in [0.2, 0.25) is 0 Å². The molecule has 0 unspecified atom stereocenters. The van der Waals surface area contributed by atoms with Gasteiger partial charge in [-0.25, -0.2) is 29.9 Å². The molecule has 0 fully saturated rings. The molecular formula is C28H14N12. The van der Waals surface area contributed by atoms with Crippen LogP contribution >= 0.6 is 0 Å². The number of hydrogen-bond donors (Lipinski definition) is 2. The number of aromatic nitrogens is 12. The van der Waals surface area contributed by atoms with Crippen LogP contribution in [0.2, 0.25) is 0 Å². The van der Waals surface area contributed by atoms with Gasteiger partial charge in [0, 0.05) is 46.7 Å². The summed E-state index contributed by atoms with van der Waals surface area (Å²) in [6.07, 6.45) is 6.86. The molecule has 7 aromatic rings. The monoisotopic (exact) mass is 518 g/mol. The summed E-state index contributed by atoms with van der Waals surface area (Å²) in [6, 6.07) is 15.1. The van der Waals surface area contributed by atoms with E-state index >= 15 is 0 Å². The topological polar surface area (TPSA) is 160 Å². The molecule has 0 saturated carbocycles. The Balaban J connectivity index is 1.51. The number of fused-ring (bicyclic) bond motifs is 20. The second-order valence-corrected chi connectivity index (χ2v) is 9.21. The van der Waals surface area contributed by atoms with Gasteiger partial charge in [-0.05, 0) is 48.5 Å². The first-order valence-corrected chi connectivity index (χ1v) is 12.4. The van der Waals surface area contributed by atoms with Crippen molar-refractivity contribution >= 4 is 44.4 Å². The highest BCUT2D eigenvalue weighted by Crippen LogP contribution is 2.34. The average Bonchev–Trinajstić information content (AvgIpc) is 3.73. The van der Waals surface area contributed by atoms with Gasteiger partial charge >= 0.3 is 0 Å². The first-order valence-electron chi connectivity index (χ1n) is 12.4. The van der Waals surface area contributed by atoms with Gasteiger partial charge in [-0.15, -0.1) is 0 Å². The number of rotatable bonds is 0. The van der Waals surface area contributed by atoms with Crippen molar-refractivity contribution in [2.75, 3.05) is 0 Å². The van der Waals surface area contributed by atoms with E-state index in [1.54, 1.807) is 24.8 Å². The number of nitrogens with zero attached hydrogens (tertiary/aromatic N) is 10. The van der Waals surface area contributed by atoms with Crippen molar-refractivity contribution in [1.29, 1.82) is 0 Å². The molecule has 0 amide bonds. The highest BCUT2D eigenvalue weighted by Gasteiger charge is 2.23. The van der Waals surface area contributed by atoms with Crippen LogP contribution in [-0.4, -0.2) is 59.8 Å². The summed E-state index contributed by atoms with van der Waals surface area (Å²) < 4.78 is 0. The SMILES string of the molecule is c1cnc2c(c1)-c1nc-2nc2[nH]c(nc3nc(nc4[nH]c(n1)c1cccnc41)-c1ncccc1-3)c1cccnc21. The number of hydrogen-bond acceptors (Lipinski definition) is 10. The number of aromatic amines is 2.